The summed E-state index contributed by atoms with van der Waals surface area (Å²) in [7, 11) is 2.09. The van der Waals surface area contributed by atoms with Crippen LogP contribution in [0, 0.1) is 45.3 Å². The molecule has 3 aliphatic rings. The second kappa shape index (κ2) is 5.46. The Kier molecular flexibility index (Phi) is 3.48. The zero-order valence-corrected chi connectivity index (χ0v) is 14.6. The fourth-order valence-electron chi connectivity index (χ4n) is 4.86. The van der Waals surface area contributed by atoms with Crippen LogP contribution in [0.1, 0.15) is 23.6 Å². The molecule has 1 aliphatic carbocycles. The van der Waals surface area contributed by atoms with Crippen LogP contribution in [0.5, 0.6) is 0 Å². The number of hydrogen-bond donors (Lipinski definition) is 1. The van der Waals surface area contributed by atoms with Crippen LogP contribution in [0.25, 0.3) is 0 Å². The molecule has 0 aromatic carbocycles. The zero-order valence-electron chi connectivity index (χ0n) is 13.8. The molecule has 25 heavy (non-hydrogen) atoms. The van der Waals surface area contributed by atoms with E-state index < -0.39 is 5.41 Å². The van der Waals surface area contributed by atoms with Gasteiger partial charge in [-0.3, -0.25) is 4.90 Å². The van der Waals surface area contributed by atoms with Gasteiger partial charge in [-0.25, -0.2) is 0 Å². The summed E-state index contributed by atoms with van der Waals surface area (Å²) in [5.41, 5.74) is 6.19. The van der Waals surface area contributed by atoms with Crippen molar-refractivity contribution in [1.82, 2.24) is 4.90 Å². The van der Waals surface area contributed by atoms with Gasteiger partial charge in [-0.1, -0.05) is 12.1 Å². The van der Waals surface area contributed by atoms with Gasteiger partial charge in [-0.05, 0) is 36.9 Å². The highest BCUT2D eigenvalue weighted by atomic mass is 32.1. The molecule has 5 nitrogen and oxygen atoms in total. The molecule has 1 fully saturated rings. The average molecular weight is 347 g/mol. The van der Waals surface area contributed by atoms with E-state index in [4.69, 9.17) is 5.73 Å². The number of nitriles is 3. The van der Waals surface area contributed by atoms with Gasteiger partial charge < -0.3 is 5.73 Å². The summed E-state index contributed by atoms with van der Waals surface area (Å²) in [5, 5.41) is 31.7. The summed E-state index contributed by atoms with van der Waals surface area (Å²) in [6.45, 7) is 0. The highest BCUT2D eigenvalue weighted by Gasteiger charge is 2.58. The topological polar surface area (TPSA) is 101 Å². The second-order valence-corrected chi connectivity index (χ2v) is 7.93. The van der Waals surface area contributed by atoms with Crippen LogP contribution in [-0.4, -0.2) is 24.0 Å². The van der Waals surface area contributed by atoms with E-state index in [-0.39, 0.29) is 23.6 Å². The Morgan fingerprint density at radius 1 is 1.28 bits per heavy atom. The molecule has 2 bridgehead atoms. The molecule has 0 saturated carbocycles. The molecule has 124 valence electrons. The minimum Gasteiger partial charge on any atom is -0.399 e. The van der Waals surface area contributed by atoms with Gasteiger partial charge >= 0.3 is 0 Å². The molecule has 0 radical (unpaired) electrons. The SMILES string of the molecule is CN1C2C=C3C(C#N)=C(N)C(C#N)(C#N)[C@H](c4cccs4)C3C1CC2. The van der Waals surface area contributed by atoms with Crippen LogP contribution in [0.4, 0.5) is 0 Å². The Balaban J connectivity index is 2.05. The molecule has 1 saturated heterocycles. The van der Waals surface area contributed by atoms with Crippen molar-refractivity contribution < 1.29 is 0 Å². The summed E-state index contributed by atoms with van der Waals surface area (Å²) in [6.07, 6.45) is 4.17. The lowest BCUT2D eigenvalue weighted by molar-refractivity contribution is 0.162. The monoisotopic (exact) mass is 347 g/mol. The molecule has 3 heterocycles. The maximum absolute atomic E-state index is 10.00. The lowest BCUT2D eigenvalue weighted by Crippen LogP contribution is -2.51. The van der Waals surface area contributed by atoms with Gasteiger partial charge in [0, 0.05) is 28.8 Å². The minimum atomic E-state index is -1.51. The first-order valence-corrected chi connectivity index (χ1v) is 9.17. The van der Waals surface area contributed by atoms with Gasteiger partial charge in [0.25, 0.3) is 0 Å². The lowest BCUT2D eigenvalue weighted by Gasteiger charge is -2.47. The highest BCUT2D eigenvalue weighted by Crippen LogP contribution is 2.58. The van der Waals surface area contributed by atoms with Gasteiger partial charge in [0.1, 0.15) is 6.07 Å². The smallest absolute Gasteiger partial charge is 0.192 e. The summed E-state index contributed by atoms with van der Waals surface area (Å²) < 4.78 is 0. The summed E-state index contributed by atoms with van der Waals surface area (Å²) in [4.78, 5) is 3.31. The number of nitrogens with two attached hydrogens (primary N) is 1. The Labute approximate surface area is 150 Å². The predicted molar refractivity (Wildman–Crippen MR) is 93.7 cm³/mol. The van der Waals surface area contributed by atoms with Gasteiger partial charge in [0.05, 0.1) is 23.4 Å². The molecule has 2 aliphatic heterocycles. The van der Waals surface area contributed by atoms with Crippen molar-refractivity contribution >= 4 is 11.3 Å². The van der Waals surface area contributed by atoms with Gasteiger partial charge in [-0.15, -0.1) is 11.3 Å². The number of hydrogen-bond acceptors (Lipinski definition) is 6. The Hall–Kier alpha value is -2.59. The third kappa shape index (κ3) is 1.89. The molecule has 2 N–H and O–H groups in total. The number of fused-ring (bicyclic) bond motifs is 4. The van der Waals surface area contributed by atoms with Crippen LogP contribution in [0.3, 0.4) is 0 Å². The van der Waals surface area contributed by atoms with Gasteiger partial charge in [-0.2, -0.15) is 15.8 Å². The molecule has 4 atom stereocenters. The van der Waals surface area contributed by atoms with Gasteiger partial charge in [0.2, 0.25) is 0 Å². The maximum atomic E-state index is 10.00. The fourth-order valence-corrected chi connectivity index (χ4v) is 5.80. The van der Waals surface area contributed by atoms with Crippen molar-refractivity contribution in [2.75, 3.05) is 7.05 Å². The molecule has 1 aromatic heterocycles. The first-order chi connectivity index (χ1) is 12.1. The summed E-state index contributed by atoms with van der Waals surface area (Å²) >= 11 is 1.55. The quantitative estimate of drug-likeness (QED) is 0.841. The van der Waals surface area contributed by atoms with Crippen molar-refractivity contribution in [3.8, 4) is 18.2 Å². The first kappa shape index (κ1) is 15.9. The molecule has 6 heteroatoms. The van der Waals surface area contributed by atoms with E-state index in [1.807, 2.05) is 17.5 Å². The maximum Gasteiger partial charge on any atom is 0.192 e. The number of rotatable bonds is 1. The van der Waals surface area contributed by atoms with E-state index in [1.165, 1.54) is 0 Å². The Bertz CT molecular complexity index is 891. The molecule has 1 aromatic rings. The third-order valence-electron chi connectivity index (χ3n) is 6.07. The Morgan fingerprint density at radius 3 is 2.64 bits per heavy atom. The van der Waals surface area contributed by atoms with E-state index in [2.05, 4.69) is 36.2 Å². The summed E-state index contributed by atoms with van der Waals surface area (Å²) in [6, 6.07) is 11.0. The minimum absolute atomic E-state index is 0.0661. The van der Waals surface area contributed by atoms with Crippen LogP contribution < -0.4 is 5.73 Å². The van der Waals surface area contributed by atoms with Crippen LogP contribution in [0.15, 0.2) is 40.4 Å². The van der Waals surface area contributed by atoms with Crippen molar-refractivity contribution in [3.63, 3.8) is 0 Å². The van der Waals surface area contributed by atoms with Crippen molar-refractivity contribution in [3.05, 3.63) is 45.3 Å². The van der Waals surface area contributed by atoms with E-state index in [0.717, 1.165) is 23.3 Å². The molecule has 4 rings (SSSR count). The number of likely N-dealkylation sites (N-methyl/N-ethyl adjacent to an activating group) is 1. The number of allylic oxidation sites excluding steroid dienone is 2. The molecule has 0 amide bonds. The highest BCUT2D eigenvalue weighted by molar-refractivity contribution is 7.10. The van der Waals surface area contributed by atoms with E-state index in [1.54, 1.807) is 11.3 Å². The van der Waals surface area contributed by atoms with Gasteiger partial charge in [0.15, 0.2) is 5.41 Å². The standard InChI is InChI=1S/C19H17N5S/c1-24-11-4-5-14(24)16-12(7-11)13(8-20)18(23)19(9-21,10-22)17(16)15-3-2-6-25-15/h2-3,6-7,11,14,16-17H,4-5,23H2,1H3/t11?,14?,16?,17-/m1/s1. The first-order valence-electron chi connectivity index (χ1n) is 8.29. The van der Waals surface area contributed by atoms with Crippen LogP contribution in [0.2, 0.25) is 0 Å². The summed E-state index contributed by atoms with van der Waals surface area (Å²) in [5.74, 6) is -0.416. The number of nitrogens with zero attached hydrogens (tertiary/aromatic N) is 4. The average Bonchev–Trinajstić information content (AvgIpc) is 3.21. The third-order valence-corrected chi connectivity index (χ3v) is 7.03. The number of thiophene rings is 1. The van der Waals surface area contributed by atoms with E-state index >= 15 is 0 Å². The zero-order chi connectivity index (χ0) is 17.8. The van der Waals surface area contributed by atoms with Crippen LogP contribution in [-0.2, 0) is 0 Å². The second-order valence-electron chi connectivity index (χ2n) is 6.95. The molecular formula is C19H17N5S. The van der Waals surface area contributed by atoms with Crippen molar-refractivity contribution in [1.29, 1.82) is 15.8 Å². The normalized spacial score (nSPS) is 33.0. The van der Waals surface area contributed by atoms with Crippen molar-refractivity contribution in [2.24, 2.45) is 17.1 Å². The van der Waals surface area contributed by atoms with E-state index in [0.29, 0.717) is 11.6 Å². The predicted octanol–water partition coefficient (Wildman–Crippen LogP) is 2.63. The van der Waals surface area contributed by atoms with Crippen LogP contribution >= 0.6 is 11.3 Å². The fraction of sp³-hybridized carbons (Fsp3) is 0.421. The lowest BCUT2D eigenvalue weighted by atomic mass is 9.58. The largest absolute Gasteiger partial charge is 0.399 e. The van der Waals surface area contributed by atoms with E-state index in [9.17, 15) is 15.8 Å². The molecular weight excluding hydrogens is 330 g/mol. The Morgan fingerprint density at radius 2 is 2.04 bits per heavy atom. The molecule has 3 unspecified atom stereocenters. The van der Waals surface area contributed by atoms with Crippen molar-refractivity contribution in [2.45, 2.75) is 30.8 Å². The molecule has 0 spiro atoms.